The zero-order chi connectivity index (χ0) is 16.8. The molecule has 0 aromatic carbocycles. The summed E-state index contributed by atoms with van der Waals surface area (Å²) in [5, 5.41) is 13.6. The fraction of sp³-hybridized carbons (Fsp3) is 0.500. The van der Waals surface area contributed by atoms with E-state index in [4.69, 9.17) is 5.10 Å². The van der Waals surface area contributed by atoms with Crippen LogP contribution in [0.3, 0.4) is 0 Å². The van der Waals surface area contributed by atoms with E-state index in [1.54, 1.807) is 0 Å². The van der Waals surface area contributed by atoms with Crippen LogP contribution in [-0.4, -0.2) is 42.9 Å². The highest BCUT2D eigenvalue weighted by molar-refractivity contribution is 5.39. The zero-order valence-electron chi connectivity index (χ0n) is 14.3. The molecule has 5 rings (SSSR count). The molecule has 1 aliphatic heterocycles. The van der Waals surface area contributed by atoms with Crippen LogP contribution in [0, 0.1) is 6.92 Å². The van der Waals surface area contributed by atoms with Gasteiger partial charge in [0, 0.05) is 24.9 Å². The SMILES string of the molecule is Cc1cnc(N2CCC(c3nnc4ccc(C5CC5)nn34)CC2)cn1. The number of hydrogen-bond acceptors (Lipinski definition) is 6. The molecule has 1 aliphatic carbocycles. The Morgan fingerprint density at radius 1 is 0.920 bits per heavy atom. The van der Waals surface area contributed by atoms with Gasteiger partial charge in [0.15, 0.2) is 11.5 Å². The van der Waals surface area contributed by atoms with Crippen molar-refractivity contribution in [2.75, 3.05) is 18.0 Å². The third-order valence-corrected chi connectivity index (χ3v) is 5.25. The fourth-order valence-corrected chi connectivity index (χ4v) is 3.59. The summed E-state index contributed by atoms with van der Waals surface area (Å²) in [5.41, 5.74) is 2.98. The molecule has 7 heteroatoms. The number of nitrogens with zero attached hydrogens (tertiary/aromatic N) is 7. The second-order valence-corrected chi connectivity index (χ2v) is 7.14. The molecule has 2 aliphatic rings. The average molecular weight is 335 g/mol. The number of fused-ring (bicyclic) bond motifs is 1. The van der Waals surface area contributed by atoms with Gasteiger partial charge in [-0.2, -0.15) is 9.61 Å². The molecule has 0 amide bonds. The van der Waals surface area contributed by atoms with Crippen molar-refractivity contribution in [3.63, 3.8) is 0 Å². The van der Waals surface area contributed by atoms with Crippen LogP contribution in [-0.2, 0) is 0 Å². The Kier molecular flexibility index (Phi) is 3.39. The number of piperidine rings is 1. The molecule has 0 atom stereocenters. The van der Waals surface area contributed by atoms with Crippen molar-refractivity contribution in [1.82, 2.24) is 29.8 Å². The van der Waals surface area contributed by atoms with Crippen LogP contribution in [0.5, 0.6) is 0 Å². The molecule has 1 saturated heterocycles. The highest BCUT2D eigenvalue weighted by Gasteiger charge is 2.28. The van der Waals surface area contributed by atoms with Gasteiger partial charge in [0.2, 0.25) is 0 Å². The topological polar surface area (TPSA) is 72.1 Å². The Hall–Kier alpha value is -2.57. The van der Waals surface area contributed by atoms with Crippen molar-refractivity contribution in [3.8, 4) is 0 Å². The molecular weight excluding hydrogens is 314 g/mol. The number of anilines is 1. The summed E-state index contributed by atoms with van der Waals surface area (Å²) >= 11 is 0. The van der Waals surface area contributed by atoms with Crippen LogP contribution in [0.2, 0.25) is 0 Å². The first-order valence-electron chi connectivity index (χ1n) is 9.04. The molecule has 2 fully saturated rings. The van der Waals surface area contributed by atoms with Crippen LogP contribution in [0.15, 0.2) is 24.5 Å². The Labute approximate surface area is 146 Å². The van der Waals surface area contributed by atoms with Crippen LogP contribution in [0.1, 0.15) is 54.7 Å². The van der Waals surface area contributed by atoms with Gasteiger partial charge in [0.25, 0.3) is 0 Å². The van der Waals surface area contributed by atoms with E-state index in [1.807, 2.05) is 29.9 Å². The lowest BCUT2D eigenvalue weighted by Gasteiger charge is -2.31. The van der Waals surface area contributed by atoms with E-state index in [0.29, 0.717) is 11.8 Å². The molecule has 0 N–H and O–H groups in total. The smallest absolute Gasteiger partial charge is 0.177 e. The summed E-state index contributed by atoms with van der Waals surface area (Å²) in [7, 11) is 0. The number of aromatic nitrogens is 6. The Bertz CT molecular complexity index is 889. The molecule has 25 heavy (non-hydrogen) atoms. The van der Waals surface area contributed by atoms with Gasteiger partial charge in [-0.15, -0.1) is 10.2 Å². The van der Waals surface area contributed by atoms with Crippen LogP contribution in [0.4, 0.5) is 5.82 Å². The van der Waals surface area contributed by atoms with E-state index >= 15 is 0 Å². The second kappa shape index (κ2) is 5.75. The van der Waals surface area contributed by atoms with Crippen molar-refractivity contribution in [1.29, 1.82) is 0 Å². The lowest BCUT2D eigenvalue weighted by molar-refractivity contribution is 0.474. The second-order valence-electron chi connectivity index (χ2n) is 7.14. The van der Waals surface area contributed by atoms with E-state index < -0.39 is 0 Å². The maximum absolute atomic E-state index is 4.81. The van der Waals surface area contributed by atoms with Crippen LogP contribution >= 0.6 is 0 Å². The van der Waals surface area contributed by atoms with Gasteiger partial charge in [-0.05, 0) is 44.7 Å². The molecule has 0 unspecified atom stereocenters. The minimum Gasteiger partial charge on any atom is -0.355 e. The Morgan fingerprint density at radius 2 is 1.76 bits per heavy atom. The molecule has 1 saturated carbocycles. The molecule has 128 valence electrons. The van der Waals surface area contributed by atoms with Crippen molar-refractivity contribution in [3.05, 3.63) is 41.7 Å². The lowest BCUT2D eigenvalue weighted by atomic mass is 9.96. The van der Waals surface area contributed by atoms with E-state index in [-0.39, 0.29) is 0 Å². The molecule has 4 heterocycles. The first kappa shape index (κ1) is 14.7. The average Bonchev–Trinajstić information content (AvgIpc) is 3.42. The van der Waals surface area contributed by atoms with Crippen LogP contribution < -0.4 is 4.90 Å². The largest absolute Gasteiger partial charge is 0.355 e. The maximum Gasteiger partial charge on any atom is 0.177 e. The van der Waals surface area contributed by atoms with Gasteiger partial charge in [-0.3, -0.25) is 4.98 Å². The van der Waals surface area contributed by atoms with Gasteiger partial charge in [0.1, 0.15) is 5.82 Å². The van der Waals surface area contributed by atoms with Crippen LogP contribution in [0.25, 0.3) is 5.65 Å². The third-order valence-electron chi connectivity index (χ3n) is 5.25. The molecule has 3 aromatic rings. The van der Waals surface area contributed by atoms with E-state index in [1.165, 1.54) is 18.5 Å². The number of aryl methyl sites for hydroxylation is 1. The van der Waals surface area contributed by atoms with Gasteiger partial charge in [0.05, 0.1) is 23.8 Å². The summed E-state index contributed by atoms with van der Waals surface area (Å²) in [4.78, 5) is 11.2. The fourth-order valence-electron chi connectivity index (χ4n) is 3.59. The molecule has 0 radical (unpaired) electrons. The number of hydrogen-bond donors (Lipinski definition) is 0. The highest BCUT2D eigenvalue weighted by Crippen LogP contribution is 2.39. The summed E-state index contributed by atoms with van der Waals surface area (Å²) < 4.78 is 1.97. The summed E-state index contributed by atoms with van der Waals surface area (Å²) in [6.45, 7) is 3.88. The normalized spacial score (nSPS) is 18.8. The molecule has 0 bridgehead atoms. The van der Waals surface area contributed by atoms with Gasteiger partial charge in [-0.25, -0.2) is 4.98 Å². The van der Waals surface area contributed by atoms with Gasteiger partial charge >= 0.3 is 0 Å². The van der Waals surface area contributed by atoms with Gasteiger partial charge < -0.3 is 4.90 Å². The predicted octanol–water partition coefficient (Wildman–Crippen LogP) is 2.48. The summed E-state index contributed by atoms with van der Waals surface area (Å²) in [6, 6.07) is 4.15. The Morgan fingerprint density at radius 3 is 2.48 bits per heavy atom. The van der Waals surface area contributed by atoms with Gasteiger partial charge in [-0.1, -0.05) is 0 Å². The summed E-state index contributed by atoms with van der Waals surface area (Å²) in [5.74, 6) is 3.00. The minimum atomic E-state index is 0.395. The van der Waals surface area contributed by atoms with Crippen molar-refractivity contribution in [2.24, 2.45) is 0 Å². The van der Waals surface area contributed by atoms with E-state index in [0.717, 1.165) is 48.9 Å². The Balaban J connectivity index is 1.35. The zero-order valence-corrected chi connectivity index (χ0v) is 14.3. The molecular formula is C18H21N7. The third kappa shape index (κ3) is 2.73. The first-order chi connectivity index (χ1) is 12.3. The number of rotatable bonds is 3. The van der Waals surface area contributed by atoms with Crippen molar-refractivity contribution >= 4 is 11.5 Å². The molecule has 3 aromatic heterocycles. The standard InChI is InChI=1S/C18H21N7/c1-12-10-20-17(11-19-12)24-8-6-14(7-9-24)18-22-21-16-5-4-15(13-2-3-13)23-25(16)18/h4-5,10-11,13-14H,2-3,6-9H2,1H3. The van der Waals surface area contributed by atoms with Crippen molar-refractivity contribution < 1.29 is 0 Å². The summed E-state index contributed by atoms with van der Waals surface area (Å²) in [6.07, 6.45) is 8.28. The monoisotopic (exact) mass is 335 g/mol. The van der Waals surface area contributed by atoms with E-state index in [9.17, 15) is 0 Å². The van der Waals surface area contributed by atoms with E-state index in [2.05, 4.69) is 31.1 Å². The maximum atomic E-state index is 4.81. The molecule has 7 nitrogen and oxygen atoms in total. The quantitative estimate of drug-likeness (QED) is 0.732. The molecule has 0 spiro atoms. The van der Waals surface area contributed by atoms with Crippen molar-refractivity contribution in [2.45, 2.75) is 44.4 Å². The minimum absolute atomic E-state index is 0.395. The lowest BCUT2D eigenvalue weighted by Crippen LogP contribution is -2.34. The first-order valence-corrected chi connectivity index (χ1v) is 9.04. The predicted molar refractivity (Wildman–Crippen MR) is 93.7 cm³/mol. The highest BCUT2D eigenvalue weighted by atomic mass is 15.4.